The molecule has 0 aliphatic carbocycles. The summed E-state index contributed by atoms with van der Waals surface area (Å²) in [6.07, 6.45) is -0.928. The van der Waals surface area contributed by atoms with Crippen LogP contribution in [0.5, 0.6) is 0 Å². The van der Waals surface area contributed by atoms with Gasteiger partial charge in [0.15, 0.2) is 11.0 Å². The Morgan fingerprint density at radius 2 is 2.12 bits per heavy atom. The SMILES string of the molecule is Cc1cc2nc(NCC(F)F)c(Cl)nc2cn1. The Labute approximate surface area is 101 Å². The van der Waals surface area contributed by atoms with Crippen LogP contribution in [0.1, 0.15) is 5.69 Å². The van der Waals surface area contributed by atoms with Gasteiger partial charge in [0, 0.05) is 5.69 Å². The predicted octanol–water partition coefficient (Wildman–Crippen LogP) is 2.66. The highest BCUT2D eigenvalue weighted by molar-refractivity contribution is 6.32. The third-order valence-electron chi connectivity index (χ3n) is 2.07. The maximum absolute atomic E-state index is 12.1. The molecule has 17 heavy (non-hydrogen) atoms. The van der Waals surface area contributed by atoms with E-state index < -0.39 is 13.0 Å². The topological polar surface area (TPSA) is 50.7 Å². The molecule has 0 radical (unpaired) electrons. The monoisotopic (exact) mass is 258 g/mol. The van der Waals surface area contributed by atoms with Crippen molar-refractivity contribution in [2.45, 2.75) is 13.3 Å². The van der Waals surface area contributed by atoms with Crippen molar-refractivity contribution >= 4 is 28.5 Å². The van der Waals surface area contributed by atoms with E-state index in [1.807, 2.05) is 6.92 Å². The fourth-order valence-corrected chi connectivity index (χ4v) is 1.53. The largest absolute Gasteiger partial charge is 0.362 e. The first kappa shape index (κ1) is 11.9. The molecule has 0 amide bonds. The Kier molecular flexibility index (Phi) is 3.33. The van der Waals surface area contributed by atoms with Crippen molar-refractivity contribution in [3.63, 3.8) is 0 Å². The van der Waals surface area contributed by atoms with E-state index in [1.165, 1.54) is 0 Å². The summed E-state index contributed by atoms with van der Waals surface area (Å²) < 4.78 is 24.1. The number of nitrogens with zero attached hydrogens (tertiary/aromatic N) is 3. The van der Waals surface area contributed by atoms with Gasteiger partial charge in [0.05, 0.1) is 18.3 Å². The van der Waals surface area contributed by atoms with Crippen molar-refractivity contribution in [1.82, 2.24) is 15.0 Å². The van der Waals surface area contributed by atoms with Crippen LogP contribution in [0.4, 0.5) is 14.6 Å². The molecule has 90 valence electrons. The third-order valence-corrected chi connectivity index (χ3v) is 2.33. The average molecular weight is 259 g/mol. The summed E-state index contributed by atoms with van der Waals surface area (Å²) in [5.41, 5.74) is 1.87. The summed E-state index contributed by atoms with van der Waals surface area (Å²) in [6, 6.07) is 1.71. The molecule has 0 aliphatic rings. The summed E-state index contributed by atoms with van der Waals surface area (Å²) in [6.45, 7) is 1.30. The van der Waals surface area contributed by atoms with Gasteiger partial charge < -0.3 is 5.32 Å². The smallest absolute Gasteiger partial charge is 0.255 e. The molecule has 0 saturated heterocycles. The lowest BCUT2D eigenvalue weighted by Crippen LogP contribution is -2.12. The van der Waals surface area contributed by atoms with Gasteiger partial charge in [-0.2, -0.15) is 0 Å². The highest BCUT2D eigenvalue weighted by atomic mass is 35.5. The van der Waals surface area contributed by atoms with Crippen LogP contribution < -0.4 is 5.32 Å². The molecule has 0 fully saturated rings. The van der Waals surface area contributed by atoms with Crippen LogP contribution in [-0.2, 0) is 0 Å². The molecule has 2 rings (SSSR count). The van der Waals surface area contributed by atoms with Gasteiger partial charge in [-0.1, -0.05) is 11.6 Å². The first-order chi connectivity index (χ1) is 8.06. The first-order valence-corrected chi connectivity index (χ1v) is 5.26. The second-order valence-electron chi connectivity index (χ2n) is 3.45. The van der Waals surface area contributed by atoms with Crippen LogP contribution in [0.2, 0.25) is 5.15 Å². The molecule has 0 unspecified atom stereocenters. The van der Waals surface area contributed by atoms with Crippen LogP contribution in [0, 0.1) is 6.92 Å². The predicted molar refractivity (Wildman–Crippen MR) is 61.6 cm³/mol. The van der Waals surface area contributed by atoms with E-state index in [2.05, 4.69) is 20.3 Å². The molecule has 0 spiro atoms. The molecule has 0 bridgehead atoms. The maximum Gasteiger partial charge on any atom is 0.255 e. The number of alkyl halides is 2. The number of fused-ring (bicyclic) bond motifs is 1. The zero-order chi connectivity index (χ0) is 12.4. The fourth-order valence-electron chi connectivity index (χ4n) is 1.33. The molecule has 7 heteroatoms. The van der Waals surface area contributed by atoms with Crippen molar-refractivity contribution in [2.75, 3.05) is 11.9 Å². The van der Waals surface area contributed by atoms with Crippen molar-refractivity contribution in [3.05, 3.63) is 23.1 Å². The van der Waals surface area contributed by atoms with E-state index in [1.54, 1.807) is 12.3 Å². The summed E-state index contributed by atoms with van der Waals surface area (Å²) in [7, 11) is 0. The van der Waals surface area contributed by atoms with E-state index in [-0.39, 0.29) is 11.0 Å². The van der Waals surface area contributed by atoms with Crippen LogP contribution >= 0.6 is 11.6 Å². The summed E-state index contributed by atoms with van der Waals surface area (Å²) in [4.78, 5) is 12.2. The Hall–Kier alpha value is -1.56. The molecule has 0 saturated carbocycles. The van der Waals surface area contributed by atoms with Gasteiger partial charge in [-0.15, -0.1) is 0 Å². The normalized spacial score (nSPS) is 11.1. The van der Waals surface area contributed by atoms with Gasteiger partial charge in [0.25, 0.3) is 6.43 Å². The van der Waals surface area contributed by atoms with Gasteiger partial charge >= 0.3 is 0 Å². The molecule has 2 heterocycles. The number of rotatable bonds is 3. The summed E-state index contributed by atoms with van der Waals surface area (Å²) >= 11 is 5.82. The maximum atomic E-state index is 12.1. The van der Waals surface area contributed by atoms with Gasteiger partial charge in [-0.3, -0.25) is 4.98 Å². The zero-order valence-corrected chi connectivity index (χ0v) is 9.67. The number of hydrogen-bond donors (Lipinski definition) is 1. The van der Waals surface area contributed by atoms with Gasteiger partial charge in [-0.25, -0.2) is 18.7 Å². The molecular weight excluding hydrogens is 250 g/mol. The Bertz CT molecular complexity index is 547. The van der Waals surface area contributed by atoms with Crippen LogP contribution in [0.15, 0.2) is 12.3 Å². The molecule has 0 aliphatic heterocycles. The molecule has 0 atom stereocenters. The first-order valence-electron chi connectivity index (χ1n) is 4.88. The summed E-state index contributed by atoms with van der Waals surface area (Å²) in [5.74, 6) is 0.157. The number of hydrogen-bond acceptors (Lipinski definition) is 4. The molecular formula is C10H9ClF2N4. The van der Waals surface area contributed by atoms with Crippen LogP contribution in [0.25, 0.3) is 11.0 Å². The van der Waals surface area contributed by atoms with Crippen molar-refractivity contribution in [2.24, 2.45) is 0 Å². The Morgan fingerprint density at radius 3 is 2.82 bits per heavy atom. The van der Waals surface area contributed by atoms with Crippen LogP contribution in [0.3, 0.4) is 0 Å². The molecule has 4 nitrogen and oxygen atoms in total. The van der Waals surface area contributed by atoms with E-state index in [0.717, 1.165) is 5.69 Å². The second-order valence-corrected chi connectivity index (χ2v) is 3.81. The lowest BCUT2D eigenvalue weighted by molar-refractivity contribution is 0.163. The third kappa shape index (κ3) is 2.76. The lowest BCUT2D eigenvalue weighted by atomic mass is 10.3. The minimum Gasteiger partial charge on any atom is -0.362 e. The molecule has 0 aromatic carbocycles. The van der Waals surface area contributed by atoms with Gasteiger partial charge in [0.2, 0.25) is 0 Å². The minimum atomic E-state index is -2.47. The van der Waals surface area contributed by atoms with Crippen molar-refractivity contribution in [3.8, 4) is 0 Å². The second kappa shape index (κ2) is 4.75. The highest BCUT2D eigenvalue weighted by Crippen LogP contribution is 2.21. The van der Waals surface area contributed by atoms with Crippen molar-refractivity contribution in [1.29, 1.82) is 0 Å². The van der Waals surface area contributed by atoms with Gasteiger partial charge in [0.1, 0.15) is 5.52 Å². The minimum absolute atomic E-state index is 0.0591. The number of pyridine rings is 1. The number of aryl methyl sites for hydroxylation is 1. The van der Waals surface area contributed by atoms with E-state index in [4.69, 9.17) is 11.6 Å². The van der Waals surface area contributed by atoms with Crippen LogP contribution in [-0.4, -0.2) is 27.9 Å². The van der Waals surface area contributed by atoms with E-state index in [0.29, 0.717) is 11.0 Å². The average Bonchev–Trinajstić information content (AvgIpc) is 2.26. The molecule has 2 aromatic heterocycles. The number of nitrogens with one attached hydrogen (secondary N) is 1. The lowest BCUT2D eigenvalue weighted by Gasteiger charge is -2.07. The highest BCUT2D eigenvalue weighted by Gasteiger charge is 2.09. The summed E-state index contributed by atoms with van der Waals surface area (Å²) in [5, 5.41) is 2.51. The number of anilines is 1. The van der Waals surface area contributed by atoms with E-state index in [9.17, 15) is 8.78 Å². The Balaban J connectivity index is 2.39. The Morgan fingerprint density at radius 1 is 1.35 bits per heavy atom. The number of halogens is 3. The van der Waals surface area contributed by atoms with Crippen molar-refractivity contribution < 1.29 is 8.78 Å². The molecule has 1 N–H and O–H groups in total. The van der Waals surface area contributed by atoms with E-state index >= 15 is 0 Å². The molecule has 2 aromatic rings. The number of aromatic nitrogens is 3. The fraction of sp³-hybridized carbons (Fsp3) is 0.300. The standard InChI is InChI=1S/C10H9ClF2N4/c1-5-2-6-7(3-14-5)16-9(11)10(17-6)15-4-8(12)13/h2-3,8H,4H2,1H3,(H,15,17). The quantitative estimate of drug-likeness (QED) is 0.920. The zero-order valence-electron chi connectivity index (χ0n) is 8.91. The van der Waals surface area contributed by atoms with Gasteiger partial charge in [-0.05, 0) is 13.0 Å².